The maximum atomic E-state index is 13.6. The first kappa shape index (κ1) is 27.7. The number of carbonyl (C=O) groups is 2. The Morgan fingerprint density at radius 3 is 2.14 bits per heavy atom. The van der Waals surface area contributed by atoms with Crippen LogP contribution in [0.5, 0.6) is 11.5 Å². The lowest BCUT2D eigenvalue weighted by molar-refractivity contribution is -0.143. The van der Waals surface area contributed by atoms with Gasteiger partial charge in [-0.2, -0.15) is 0 Å². The van der Waals surface area contributed by atoms with Gasteiger partial charge >= 0.3 is 0 Å². The number of halogens is 1. The highest BCUT2D eigenvalue weighted by Crippen LogP contribution is 2.27. The number of methoxy groups -OCH3 is 2. The van der Waals surface area contributed by atoms with Gasteiger partial charge < -0.3 is 19.7 Å². The Labute approximate surface area is 218 Å². The van der Waals surface area contributed by atoms with E-state index < -0.39 is 6.04 Å². The average Bonchev–Trinajstić information content (AvgIpc) is 2.91. The van der Waals surface area contributed by atoms with Crippen molar-refractivity contribution in [1.82, 2.24) is 10.2 Å². The molecule has 6 nitrogen and oxygen atoms in total. The fourth-order valence-corrected chi connectivity index (χ4v) is 4.13. The quantitative estimate of drug-likeness (QED) is 0.383. The second kappa shape index (κ2) is 13.4. The molecule has 0 aliphatic heterocycles. The van der Waals surface area contributed by atoms with E-state index >= 15 is 0 Å². The van der Waals surface area contributed by atoms with Gasteiger partial charge in [-0.15, -0.1) is 0 Å². The Hall–Kier alpha value is -3.87. The number of hydrogen-bond donors (Lipinski definition) is 1. The molecule has 2 amide bonds. The number of amides is 2. The van der Waals surface area contributed by atoms with Crippen LogP contribution >= 0.6 is 0 Å². The van der Waals surface area contributed by atoms with Gasteiger partial charge in [0, 0.05) is 25.4 Å². The third-order valence-electron chi connectivity index (χ3n) is 6.15. The molecule has 0 saturated heterocycles. The van der Waals surface area contributed by atoms with Crippen LogP contribution in [0.25, 0.3) is 0 Å². The van der Waals surface area contributed by atoms with Gasteiger partial charge in [0.15, 0.2) is 11.5 Å². The maximum Gasteiger partial charge on any atom is 0.243 e. The van der Waals surface area contributed by atoms with Crippen molar-refractivity contribution < 1.29 is 23.5 Å². The topological polar surface area (TPSA) is 67.9 Å². The standard InChI is InChI=1S/C30H35FN2O4/c1-21(2)30(35)33(20-24-10-13-25(31)14-11-24)26(18-22-8-6-5-7-9-22)29(34)32-17-16-23-12-15-27(36-3)28(19-23)37-4/h5-15,19,21,26H,16-18,20H2,1-4H3,(H,32,34)/t26-/m1/s1. The van der Waals surface area contributed by atoms with E-state index in [-0.39, 0.29) is 30.1 Å². The van der Waals surface area contributed by atoms with E-state index in [1.165, 1.54) is 12.1 Å². The van der Waals surface area contributed by atoms with E-state index in [0.29, 0.717) is 30.9 Å². The van der Waals surface area contributed by atoms with Crippen molar-refractivity contribution in [1.29, 1.82) is 0 Å². The van der Waals surface area contributed by atoms with Crippen LogP contribution in [-0.2, 0) is 29.0 Å². The molecule has 0 bridgehead atoms. The number of nitrogens with zero attached hydrogens (tertiary/aromatic N) is 1. The fourth-order valence-electron chi connectivity index (χ4n) is 4.13. The van der Waals surface area contributed by atoms with Crippen molar-refractivity contribution in [3.05, 3.63) is 95.3 Å². The molecule has 0 spiro atoms. The van der Waals surface area contributed by atoms with Crippen molar-refractivity contribution >= 4 is 11.8 Å². The number of nitrogens with one attached hydrogen (secondary N) is 1. The minimum atomic E-state index is -0.729. The van der Waals surface area contributed by atoms with Crippen molar-refractivity contribution in [3.8, 4) is 11.5 Å². The van der Waals surface area contributed by atoms with Crippen molar-refractivity contribution in [2.75, 3.05) is 20.8 Å². The summed E-state index contributed by atoms with van der Waals surface area (Å²) in [7, 11) is 3.17. The molecule has 0 aliphatic carbocycles. The average molecular weight is 507 g/mol. The van der Waals surface area contributed by atoms with Crippen molar-refractivity contribution in [3.63, 3.8) is 0 Å². The van der Waals surface area contributed by atoms with E-state index in [9.17, 15) is 14.0 Å². The summed E-state index contributed by atoms with van der Waals surface area (Å²) in [6.07, 6.45) is 0.947. The second-order valence-corrected chi connectivity index (χ2v) is 9.18. The van der Waals surface area contributed by atoms with Gasteiger partial charge in [0.05, 0.1) is 14.2 Å². The maximum absolute atomic E-state index is 13.6. The first-order chi connectivity index (χ1) is 17.8. The Morgan fingerprint density at radius 2 is 1.51 bits per heavy atom. The Bertz CT molecular complexity index is 1170. The van der Waals surface area contributed by atoms with Crippen LogP contribution in [0.3, 0.4) is 0 Å². The number of ether oxygens (including phenoxy) is 2. The molecule has 0 aromatic heterocycles. The molecule has 1 N–H and O–H groups in total. The number of carbonyl (C=O) groups excluding carboxylic acids is 2. The first-order valence-electron chi connectivity index (χ1n) is 12.4. The van der Waals surface area contributed by atoms with Crippen LogP contribution in [0.1, 0.15) is 30.5 Å². The summed E-state index contributed by atoms with van der Waals surface area (Å²) in [4.78, 5) is 28.5. The minimum Gasteiger partial charge on any atom is -0.493 e. The second-order valence-electron chi connectivity index (χ2n) is 9.18. The predicted octanol–water partition coefficient (Wildman–Crippen LogP) is 4.80. The van der Waals surface area contributed by atoms with Crippen molar-refractivity contribution in [2.24, 2.45) is 5.92 Å². The Kier molecular flexibility index (Phi) is 10.1. The van der Waals surface area contributed by atoms with Gasteiger partial charge in [-0.05, 0) is 47.4 Å². The molecule has 0 aliphatic rings. The van der Waals surface area contributed by atoms with E-state index in [2.05, 4.69) is 5.32 Å². The zero-order valence-electron chi connectivity index (χ0n) is 21.9. The summed E-state index contributed by atoms with van der Waals surface area (Å²) in [5.41, 5.74) is 2.69. The minimum absolute atomic E-state index is 0.139. The third kappa shape index (κ3) is 7.81. The molecule has 0 radical (unpaired) electrons. The molecule has 3 aromatic rings. The molecule has 37 heavy (non-hydrogen) atoms. The van der Waals surface area contributed by atoms with Crippen LogP contribution in [0.2, 0.25) is 0 Å². The van der Waals surface area contributed by atoms with E-state index in [0.717, 1.165) is 16.7 Å². The predicted molar refractivity (Wildman–Crippen MR) is 142 cm³/mol. The molecular formula is C30H35FN2O4. The normalized spacial score (nSPS) is 11.6. The van der Waals surface area contributed by atoms with Crippen molar-refractivity contribution in [2.45, 2.75) is 39.3 Å². The van der Waals surface area contributed by atoms with Gasteiger partial charge in [-0.3, -0.25) is 9.59 Å². The van der Waals surface area contributed by atoms with Crippen LogP contribution in [-0.4, -0.2) is 43.5 Å². The molecule has 0 heterocycles. The number of rotatable bonds is 12. The molecule has 7 heteroatoms. The zero-order chi connectivity index (χ0) is 26.8. The third-order valence-corrected chi connectivity index (χ3v) is 6.15. The lowest BCUT2D eigenvalue weighted by Crippen LogP contribution is -2.51. The van der Waals surface area contributed by atoms with Gasteiger partial charge in [0.25, 0.3) is 0 Å². The molecule has 3 rings (SSSR count). The molecular weight excluding hydrogens is 471 g/mol. The molecule has 0 saturated carbocycles. The van der Waals surface area contributed by atoms with E-state index in [1.54, 1.807) is 31.3 Å². The van der Waals surface area contributed by atoms with Gasteiger partial charge in [0.2, 0.25) is 11.8 Å². The molecule has 0 fully saturated rings. The molecule has 0 unspecified atom stereocenters. The van der Waals surface area contributed by atoms with E-state index in [1.807, 2.05) is 62.4 Å². The summed E-state index contributed by atoms with van der Waals surface area (Å²) in [6.45, 7) is 4.22. The molecule has 3 aromatic carbocycles. The number of benzene rings is 3. The SMILES string of the molecule is COc1ccc(CCNC(=O)[C@@H](Cc2ccccc2)N(Cc2ccc(F)cc2)C(=O)C(C)C)cc1OC. The van der Waals surface area contributed by atoms with Crippen LogP contribution in [0.15, 0.2) is 72.8 Å². The summed E-state index contributed by atoms with van der Waals surface area (Å²) in [6, 6.07) is 20.6. The lowest BCUT2D eigenvalue weighted by Gasteiger charge is -2.33. The first-order valence-corrected chi connectivity index (χ1v) is 12.4. The lowest BCUT2D eigenvalue weighted by atomic mass is 10.0. The van der Waals surface area contributed by atoms with E-state index in [4.69, 9.17) is 9.47 Å². The highest BCUT2D eigenvalue weighted by Gasteiger charge is 2.31. The smallest absolute Gasteiger partial charge is 0.243 e. The van der Waals surface area contributed by atoms with Crippen LogP contribution < -0.4 is 14.8 Å². The largest absolute Gasteiger partial charge is 0.493 e. The van der Waals surface area contributed by atoms with Gasteiger partial charge in [-0.1, -0.05) is 62.4 Å². The molecule has 196 valence electrons. The summed E-state index contributed by atoms with van der Waals surface area (Å²) in [5.74, 6) is 0.237. The highest BCUT2D eigenvalue weighted by molar-refractivity contribution is 5.88. The van der Waals surface area contributed by atoms with Gasteiger partial charge in [-0.25, -0.2) is 4.39 Å². The Morgan fingerprint density at radius 1 is 0.865 bits per heavy atom. The number of hydrogen-bond acceptors (Lipinski definition) is 4. The summed E-state index contributed by atoms with van der Waals surface area (Å²) < 4.78 is 24.2. The van der Waals surface area contributed by atoms with Crippen LogP contribution in [0, 0.1) is 11.7 Å². The van der Waals surface area contributed by atoms with Crippen LogP contribution in [0.4, 0.5) is 4.39 Å². The molecule has 1 atom stereocenters. The zero-order valence-corrected chi connectivity index (χ0v) is 21.9. The highest BCUT2D eigenvalue weighted by atomic mass is 19.1. The summed E-state index contributed by atoms with van der Waals surface area (Å²) in [5, 5.41) is 3.02. The monoisotopic (exact) mass is 506 g/mol. The summed E-state index contributed by atoms with van der Waals surface area (Å²) >= 11 is 0. The van der Waals surface area contributed by atoms with Gasteiger partial charge in [0.1, 0.15) is 11.9 Å². The fraction of sp³-hybridized carbons (Fsp3) is 0.333. The Balaban J connectivity index is 1.81.